The minimum absolute atomic E-state index is 0.205. The van der Waals surface area contributed by atoms with E-state index in [0.717, 1.165) is 18.5 Å². The number of amides is 1. The Balaban J connectivity index is 1.76. The van der Waals surface area contributed by atoms with Gasteiger partial charge in [0.15, 0.2) is 12.3 Å². The van der Waals surface area contributed by atoms with E-state index in [2.05, 4.69) is 31.2 Å². The quantitative estimate of drug-likeness (QED) is 0.779. The zero-order valence-electron chi connectivity index (χ0n) is 15.5. The molecule has 0 aliphatic heterocycles. The molecule has 1 aliphatic rings. The fourth-order valence-corrected chi connectivity index (χ4v) is 2.98. The van der Waals surface area contributed by atoms with Crippen LogP contribution in [0.2, 0.25) is 5.02 Å². The highest BCUT2D eigenvalue weighted by molar-refractivity contribution is 6.32. The number of carboxylic acids is 1. The van der Waals surface area contributed by atoms with Crippen LogP contribution in [0.15, 0.2) is 24.3 Å². The molecule has 3 rings (SSSR count). The number of carboxylic acid groups (broad SMARTS) is 1. The summed E-state index contributed by atoms with van der Waals surface area (Å²) in [6.07, 6.45) is 2.24. The van der Waals surface area contributed by atoms with E-state index in [4.69, 9.17) is 21.4 Å². The number of aliphatic carboxylic acids is 1. The minimum Gasteiger partial charge on any atom is -0.480 e. The minimum atomic E-state index is -1.09. The maximum absolute atomic E-state index is 12.6. The second-order valence-electron chi connectivity index (χ2n) is 7.59. The predicted molar refractivity (Wildman–Crippen MR) is 102 cm³/mol. The molecular weight excluding hydrogens is 370 g/mol. The summed E-state index contributed by atoms with van der Waals surface area (Å²) < 4.78 is 7.00. The molecule has 27 heavy (non-hydrogen) atoms. The Morgan fingerprint density at radius 3 is 2.59 bits per heavy atom. The number of aromatic nitrogens is 2. The lowest BCUT2D eigenvalue weighted by molar-refractivity contribution is -0.139. The third-order valence-corrected chi connectivity index (χ3v) is 4.44. The molecule has 1 fully saturated rings. The summed E-state index contributed by atoms with van der Waals surface area (Å²) in [6.45, 7) is 5.69. The van der Waals surface area contributed by atoms with Crippen molar-refractivity contribution in [2.24, 2.45) is 0 Å². The zero-order chi connectivity index (χ0) is 19.8. The van der Waals surface area contributed by atoms with Gasteiger partial charge in [-0.2, -0.15) is 5.10 Å². The predicted octanol–water partition coefficient (Wildman–Crippen LogP) is 3.88. The second-order valence-corrected chi connectivity index (χ2v) is 8.00. The van der Waals surface area contributed by atoms with Crippen molar-refractivity contribution in [3.8, 4) is 5.75 Å². The SMILES string of the molecule is CC(C)(C)n1nc(C(=O)Nc2ccc(OCC(=O)O)c(Cl)c2)cc1C1CC1. The fourth-order valence-electron chi connectivity index (χ4n) is 2.74. The maximum Gasteiger partial charge on any atom is 0.341 e. The highest BCUT2D eigenvalue weighted by Crippen LogP contribution is 2.41. The van der Waals surface area contributed by atoms with Gasteiger partial charge in [-0.25, -0.2) is 4.79 Å². The van der Waals surface area contributed by atoms with E-state index in [-0.39, 0.29) is 22.2 Å². The molecule has 0 radical (unpaired) electrons. The summed E-state index contributed by atoms with van der Waals surface area (Å²) in [5, 5.41) is 16.2. The maximum atomic E-state index is 12.6. The Morgan fingerprint density at radius 2 is 2.04 bits per heavy atom. The monoisotopic (exact) mass is 391 g/mol. The van der Waals surface area contributed by atoms with Gasteiger partial charge < -0.3 is 15.2 Å². The molecule has 2 aromatic rings. The molecule has 1 aromatic heterocycles. The van der Waals surface area contributed by atoms with Crippen molar-refractivity contribution in [1.29, 1.82) is 0 Å². The van der Waals surface area contributed by atoms with Crippen LogP contribution in [0.5, 0.6) is 5.75 Å². The van der Waals surface area contributed by atoms with Gasteiger partial charge in [0, 0.05) is 17.3 Å². The molecular formula is C19H22ClN3O4. The molecule has 2 N–H and O–H groups in total. The van der Waals surface area contributed by atoms with Gasteiger partial charge in [0.2, 0.25) is 0 Å². The van der Waals surface area contributed by atoms with E-state index in [0.29, 0.717) is 17.3 Å². The molecule has 0 saturated heterocycles. The molecule has 7 nitrogen and oxygen atoms in total. The van der Waals surface area contributed by atoms with Crippen molar-refractivity contribution in [2.75, 3.05) is 11.9 Å². The first-order valence-corrected chi connectivity index (χ1v) is 9.09. The summed E-state index contributed by atoms with van der Waals surface area (Å²) in [7, 11) is 0. The molecule has 1 aliphatic carbocycles. The number of benzene rings is 1. The molecule has 0 unspecified atom stereocenters. The number of halogens is 1. The average molecular weight is 392 g/mol. The normalized spacial score (nSPS) is 14.1. The molecule has 0 atom stereocenters. The number of nitrogens with one attached hydrogen (secondary N) is 1. The third-order valence-electron chi connectivity index (χ3n) is 4.14. The molecule has 1 aromatic carbocycles. The number of carbonyl (C=O) groups excluding carboxylic acids is 1. The van der Waals surface area contributed by atoms with Crippen LogP contribution < -0.4 is 10.1 Å². The average Bonchev–Trinajstić information content (AvgIpc) is 3.30. The Morgan fingerprint density at radius 1 is 1.33 bits per heavy atom. The van der Waals surface area contributed by atoms with Crippen LogP contribution in [-0.2, 0) is 10.3 Å². The topological polar surface area (TPSA) is 93.5 Å². The first-order valence-electron chi connectivity index (χ1n) is 8.71. The Hall–Kier alpha value is -2.54. The summed E-state index contributed by atoms with van der Waals surface area (Å²) in [5.41, 5.74) is 1.71. The molecule has 144 valence electrons. The van der Waals surface area contributed by atoms with Crippen LogP contribution in [0, 0.1) is 0 Å². The van der Waals surface area contributed by atoms with Crippen LogP contribution >= 0.6 is 11.6 Å². The first kappa shape index (κ1) is 19.2. The van der Waals surface area contributed by atoms with Crippen LogP contribution in [0.1, 0.15) is 55.7 Å². The van der Waals surface area contributed by atoms with E-state index < -0.39 is 12.6 Å². The Kier molecular flexibility index (Phi) is 5.15. The van der Waals surface area contributed by atoms with Crippen LogP contribution in [0.4, 0.5) is 5.69 Å². The summed E-state index contributed by atoms with van der Waals surface area (Å²) in [6, 6.07) is 6.48. The Labute approximate surface area is 162 Å². The standard InChI is InChI=1S/C19H22ClN3O4/c1-19(2,3)23-15(11-4-5-11)9-14(22-23)18(26)21-12-6-7-16(13(20)8-12)27-10-17(24)25/h6-9,11H,4-5,10H2,1-3H3,(H,21,26)(H,24,25). The van der Waals surface area contributed by atoms with Crippen molar-refractivity contribution >= 4 is 29.2 Å². The highest BCUT2D eigenvalue weighted by atomic mass is 35.5. The third kappa shape index (κ3) is 4.60. The molecule has 8 heteroatoms. The van der Waals surface area contributed by atoms with Gasteiger partial charge in [0.25, 0.3) is 5.91 Å². The number of nitrogens with zero attached hydrogens (tertiary/aromatic N) is 2. The summed E-state index contributed by atoms with van der Waals surface area (Å²) >= 11 is 6.09. The van der Waals surface area contributed by atoms with E-state index in [1.807, 2.05) is 10.7 Å². The fraction of sp³-hybridized carbons (Fsp3) is 0.421. The van der Waals surface area contributed by atoms with Crippen molar-refractivity contribution in [2.45, 2.75) is 45.1 Å². The van der Waals surface area contributed by atoms with Gasteiger partial charge in [0.1, 0.15) is 5.75 Å². The van der Waals surface area contributed by atoms with Crippen LogP contribution in [0.25, 0.3) is 0 Å². The number of rotatable bonds is 6. The van der Waals surface area contributed by atoms with Crippen molar-refractivity contribution in [3.63, 3.8) is 0 Å². The van der Waals surface area contributed by atoms with E-state index in [1.54, 1.807) is 6.07 Å². The number of hydrogen-bond donors (Lipinski definition) is 2. The smallest absolute Gasteiger partial charge is 0.341 e. The van der Waals surface area contributed by atoms with Gasteiger partial charge in [-0.1, -0.05) is 11.6 Å². The second kappa shape index (κ2) is 7.23. The number of carbonyl (C=O) groups is 2. The van der Waals surface area contributed by atoms with E-state index in [9.17, 15) is 9.59 Å². The van der Waals surface area contributed by atoms with Crippen molar-refractivity contribution in [3.05, 3.63) is 40.7 Å². The molecule has 1 saturated carbocycles. The van der Waals surface area contributed by atoms with Crippen LogP contribution in [0.3, 0.4) is 0 Å². The number of anilines is 1. The highest BCUT2D eigenvalue weighted by Gasteiger charge is 2.32. The number of hydrogen-bond acceptors (Lipinski definition) is 4. The Bertz CT molecular complexity index is 882. The molecule has 1 amide bonds. The molecule has 0 bridgehead atoms. The van der Waals surface area contributed by atoms with Gasteiger partial charge in [-0.05, 0) is 57.9 Å². The molecule has 1 heterocycles. The van der Waals surface area contributed by atoms with E-state index in [1.165, 1.54) is 12.1 Å². The summed E-state index contributed by atoms with van der Waals surface area (Å²) in [5.74, 6) is -0.706. The van der Waals surface area contributed by atoms with Gasteiger partial charge in [0.05, 0.1) is 10.6 Å². The van der Waals surface area contributed by atoms with E-state index >= 15 is 0 Å². The lowest BCUT2D eigenvalue weighted by Gasteiger charge is -2.22. The zero-order valence-corrected chi connectivity index (χ0v) is 16.2. The number of ether oxygens (including phenoxy) is 1. The van der Waals surface area contributed by atoms with Gasteiger partial charge in [-0.3, -0.25) is 9.48 Å². The first-order chi connectivity index (χ1) is 12.6. The van der Waals surface area contributed by atoms with Crippen LogP contribution in [-0.4, -0.2) is 33.4 Å². The summed E-state index contributed by atoms with van der Waals surface area (Å²) in [4.78, 5) is 23.2. The van der Waals surface area contributed by atoms with Gasteiger partial charge in [-0.15, -0.1) is 0 Å². The van der Waals surface area contributed by atoms with Gasteiger partial charge >= 0.3 is 5.97 Å². The van der Waals surface area contributed by atoms with Crippen molar-refractivity contribution < 1.29 is 19.4 Å². The largest absolute Gasteiger partial charge is 0.480 e. The molecule has 0 spiro atoms. The van der Waals surface area contributed by atoms with Crippen molar-refractivity contribution in [1.82, 2.24) is 9.78 Å². The lowest BCUT2D eigenvalue weighted by Crippen LogP contribution is -2.25. The lowest BCUT2D eigenvalue weighted by atomic mass is 10.1.